The Kier molecular flexibility index (Phi) is 9.06. The molecule has 0 atom stereocenters. The Morgan fingerprint density at radius 1 is 0.333 bits per heavy atom. The van der Waals surface area contributed by atoms with Crippen LogP contribution in [0.1, 0.15) is 0 Å². The maximum atomic E-state index is 6.70. The minimum absolute atomic E-state index is 0.572. The van der Waals surface area contributed by atoms with Gasteiger partial charge in [0.1, 0.15) is 11.2 Å². The highest BCUT2D eigenvalue weighted by Crippen LogP contribution is 2.73. The smallest absolute Gasteiger partial charge is 0.164 e. The fourth-order valence-corrected chi connectivity index (χ4v) is 14.1. The first-order valence-corrected chi connectivity index (χ1v) is 23.4. The Morgan fingerprint density at radius 3 is 1.52 bits per heavy atom. The van der Waals surface area contributed by atoms with Crippen LogP contribution in [-0.2, 0) is 0 Å². The predicted molar refractivity (Wildman–Crippen MR) is 262 cm³/mol. The van der Waals surface area contributed by atoms with Gasteiger partial charge in [-0.2, -0.15) is 0 Å². The number of fused-ring (bicyclic) bond motifs is 6. The van der Waals surface area contributed by atoms with Crippen molar-refractivity contribution in [2.75, 3.05) is 0 Å². The number of hydrogen-bond acceptors (Lipinski definition) is 5. The van der Waals surface area contributed by atoms with Crippen LogP contribution in [0.15, 0.2) is 248 Å². The van der Waals surface area contributed by atoms with E-state index in [4.69, 9.17) is 19.4 Å². The molecule has 63 heavy (non-hydrogen) atoms. The molecular weight excluding hydrogens is 807 g/mol. The van der Waals surface area contributed by atoms with E-state index in [2.05, 4.69) is 194 Å². The van der Waals surface area contributed by atoms with Gasteiger partial charge in [-0.25, -0.2) is 15.0 Å². The number of para-hydroxylation sites is 1. The molecule has 12 rings (SSSR count). The highest BCUT2D eigenvalue weighted by Gasteiger charge is 2.33. The van der Waals surface area contributed by atoms with Gasteiger partial charge in [0.25, 0.3) is 0 Å². The second kappa shape index (κ2) is 15.4. The third-order valence-electron chi connectivity index (χ3n) is 11.8. The molecule has 0 aliphatic rings. The molecule has 0 unspecified atom stereocenters. The largest absolute Gasteiger partial charge is 0.456 e. The lowest BCUT2D eigenvalue weighted by molar-refractivity contribution is 0.669. The van der Waals surface area contributed by atoms with Crippen molar-refractivity contribution in [3.8, 4) is 45.3 Å². The molecular formula is C57H37N3OS2. The molecule has 0 aliphatic carbocycles. The van der Waals surface area contributed by atoms with E-state index in [1.807, 2.05) is 41.7 Å². The zero-order valence-corrected chi connectivity index (χ0v) is 35.6. The van der Waals surface area contributed by atoms with Gasteiger partial charge in [-0.05, 0) is 90.0 Å². The summed E-state index contributed by atoms with van der Waals surface area (Å²) in [5.41, 5.74) is 6.52. The number of thiophene rings is 1. The van der Waals surface area contributed by atoms with Crippen molar-refractivity contribution >= 4 is 63.5 Å². The van der Waals surface area contributed by atoms with Gasteiger partial charge in [0, 0.05) is 67.2 Å². The highest BCUT2D eigenvalue weighted by molar-refractivity contribution is 8.34. The lowest BCUT2D eigenvalue weighted by atomic mass is 9.93. The van der Waals surface area contributed by atoms with Crippen LogP contribution in [-0.4, -0.2) is 15.0 Å². The Hall–Kier alpha value is -7.64. The molecule has 4 nitrogen and oxygen atoms in total. The van der Waals surface area contributed by atoms with Gasteiger partial charge in [-0.1, -0.05) is 146 Å². The molecule has 0 amide bonds. The predicted octanol–water partition coefficient (Wildman–Crippen LogP) is 16.1. The molecule has 0 aliphatic heterocycles. The normalized spacial score (nSPS) is 12.1. The van der Waals surface area contributed by atoms with Crippen LogP contribution >= 0.6 is 21.4 Å². The summed E-state index contributed by atoms with van der Waals surface area (Å²) in [6, 6.07) is 79.7. The Bertz CT molecular complexity index is 3530. The lowest BCUT2D eigenvalue weighted by Crippen LogP contribution is -2.06. The SMILES string of the molecule is c1ccc(-c2nc(-c3cccc(S(c4ccccc4)(c4ccccc4)c4ccccc4)c3)nc(-c3cc(-c4cccc5sc6ccccc6c45)c4c(c3)oc3ccccc34)n2)cc1. The fraction of sp³-hybridized carbons (Fsp3) is 0. The van der Waals surface area contributed by atoms with Crippen LogP contribution < -0.4 is 0 Å². The standard InChI is InChI=1S/C57H37N3OS2/c1-5-19-38(20-6-1)55-58-56(39-21-17-28-44(35-39)63(41-22-7-2-8-23-41,42-24-9-3-10-25-42)43-26-11-4-12-27-43)60-57(59-55)40-36-48(53-46-29-13-15-32-49(46)61-50(53)37-40)45-31-18-34-52-54(45)47-30-14-16-33-51(47)62-52/h1-37H. The summed E-state index contributed by atoms with van der Waals surface area (Å²) >= 11 is 1.82. The van der Waals surface area contributed by atoms with Gasteiger partial charge in [0.05, 0.1) is 0 Å². The zero-order valence-electron chi connectivity index (χ0n) is 33.9. The molecule has 0 saturated heterocycles. The molecule has 3 aromatic heterocycles. The summed E-state index contributed by atoms with van der Waals surface area (Å²) in [4.78, 5) is 20.8. The molecule has 6 heteroatoms. The fourth-order valence-electron chi connectivity index (χ4n) is 9.06. The first kappa shape index (κ1) is 37.1. The molecule has 0 bridgehead atoms. The van der Waals surface area contributed by atoms with Crippen molar-refractivity contribution in [2.24, 2.45) is 0 Å². The maximum absolute atomic E-state index is 6.70. The number of hydrogen-bond donors (Lipinski definition) is 0. The van der Waals surface area contributed by atoms with E-state index in [0.717, 1.165) is 49.8 Å². The second-order valence-corrected chi connectivity index (χ2v) is 19.7. The van der Waals surface area contributed by atoms with Crippen molar-refractivity contribution in [2.45, 2.75) is 19.6 Å². The van der Waals surface area contributed by atoms with Crippen molar-refractivity contribution in [3.05, 3.63) is 224 Å². The van der Waals surface area contributed by atoms with E-state index in [9.17, 15) is 0 Å². The minimum Gasteiger partial charge on any atom is -0.456 e. The van der Waals surface area contributed by atoms with E-state index in [1.165, 1.54) is 39.8 Å². The average Bonchev–Trinajstić information content (AvgIpc) is 3.94. The summed E-state index contributed by atoms with van der Waals surface area (Å²) in [5.74, 6) is 1.77. The highest BCUT2D eigenvalue weighted by atomic mass is 32.3. The summed E-state index contributed by atoms with van der Waals surface area (Å²) in [6.45, 7) is 0. The minimum atomic E-state index is -1.95. The van der Waals surface area contributed by atoms with Gasteiger partial charge in [-0.3, -0.25) is 0 Å². The van der Waals surface area contributed by atoms with Crippen molar-refractivity contribution in [3.63, 3.8) is 0 Å². The van der Waals surface area contributed by atoms with Gasteiger partial charge in [0.2, 0.25) is 0 Å². The van der Waals surface area contributed by atoms with Crippen molar-refractivity contribution < 1.29 is 4.42 Å². The summed E-state index contributed by atoms with van der Waals surface area (Å²) < 4.78 is 9.21. The number of furan rings is 1. The number of nitrogens with zero attached hydrogens (tertiary/aromatic N) is 3. The van der Waals surface area contributed by atoms with Crippen LogP contribution in [0.5, 0.6) is 0 Å². The van der Waals surface area contributed by atoms with Crippen LogP contribution in [0, 0.1) is 0 Å². The van der Waals surface area contributed by atoms with Gasteiger partial charge in [-0.15, -0.1) is 21.4 Å². The molecule has 0 N–H and O–H groups in total. The van der Waals surface area contributed by atoms with Gasteiger partial charge < -0.3 is 4.42 Å². The summed E-state index contributed by atoms with van der Waals surface area (Å²) in [7, 11) is -1.95. The van der Waals surface area contributed by atoms with Crippen molar-refractivity contribution in [1.29, 1.82) is 0 Å². The van der Waals surface area contributed by atoms with E-state index in [0.29, 0.717) is 17.5 Å². The second-order valence-electron chi connectivity index (χ2n) is 15.5. The number of rotatable bonds is 8. The van der Waals surface area contributed by atoms with E-state index in [-0.39, 0.29) is 0 Å². The average molecular weight is 844 g/mol. The van der Waals surface area contributed by atoms with Crippen LogP contribution in [0.25, 0.3) is 87.4 Å². The Balaban J connectivity index is 1.11. The number of aromatic nitrogens is 3. The molecule has 0 spiro atoms. The molecule has 0 fully saturated rings. The topological polar surface area (TPSA) is 51.8 Å². The summed E-state index contributed by atoms with van der Waals surface area (Å²) in [6.07, 6.45) is 0. The van der Waals surface area contributed by atoms with Gasteiger partial charge in [0.15, 0.2) is 17.5 Å². The molecule has 12 aromatic rings. The Labute approximate surface area is 370 Å². The van der Waals surface area contributed by atoms with Crippen LogP contribution in [0.2, 0.25) is 0 Å². The molecule has 9 aromatic carbocycles. The first-order valence-electron chi connectivity index (χ1n) is 21.0. The Morgan fingerprint density at radius 2 is 0.841 bits per heavy atom. The molecule has 298 valence electrons. The number of benzene rings is 9. The van der Waals surface area contributed by atoms with Crippen LogP contribution in [0.4, 0.5) is 0 Å². The third kappa shape index (κ3) is 6.25. The monoisotopic (exact) mass is 843 g/mol. The molecule has 0 saturated carbocycles. The summed E-state index contributed by atoms with van der Waals surface area (Å²) in [5, 5.41) is 4.63. The quantitative estimate of drug-likeness (QED) is 0.153. The zero-order chi connectivity index (χ0) is 41.7. The lowest BCUT2D eigenvalue weighted by Gasteiger charge is -2.42. The van der Waals surface area contributed by atoms with E-state index >= 15 is 0 Å². The molecule has 0 radical (unpaired) electrons. The maximum Gasteiger partial charge on any atom is 0.164 e. The van der Waals surface area contributed by atoms with Crippen LogP contribution in [0.3, 0.4) is 0 Å². The van der Waals surface area contributed by atoms with Gasteiger partial charge >= 0.3 is 0 Å². The first-order chi connectivity index (χ1) is 31.2. The molecule has 3 heterocycles. The van der Waals surface area contributed by atoms with E-state index < -0.39 is 10.0 Å². The van der Waals surface area contributed by atoms with E-state index in [1.54, 1.807) is 0 Å². The van der Waals surface area contributed by atoms with Crippen molar-refractivity contribution in [1.82, 2.24) is 15.0 Å². The third-order valence-corrected chi connectivity index (χ3v) is 16.9.